The minimum absolute atomic E-state index is 0.0233. The van der Waals surface area contributed by atoms with Crippen LogP contribution in [-0.2, 0) is 9.53 Å². The lowest BCUT2D eigenvalue weighted by molar-refractivity contribution is -0.120. The Labute approximate surface area is 112 Å². The van der Waals surface area contributed by atoms with E-state index in [4.69, 9.17) is 15.2 Å². The van der Waals surface area contributed by atoms with E-state index in [-0.39, 0.29) is 11.3 Å². The fourth-order valence-corrected chi connectivity index (χ4v) is 1.71. The first-order valence-corrected chi connectivity index (χ1v) is 6.29. The number of aromatic nitrogens is 1. The molecule has 1 amide bonds. The summed E-state index contributed by atoms with van der Waals surface area (Å²) in [6, 6.07) is 3.48. The van der Waals surface area contributed by atoms with E-state index < -0.39 is 0 Å². The molecule has 1 heterocycles. The number of carbonyl (C=O) groups is 1. The summed E-state index contributed by atoms with van der Waals surface area (Å²) in [6.45, 7) is 1.36. The lowest BCUT2D eigenvalue weighted by Gasteiger charge is -2.12. The standard InChI is InChI=1S/C13H19N3O3/c1-18-6-7-19-11-3-2-10(8-15-11)16-12(17)13(9-14)4-5-13/h2-3,8H,4-7,9,14H2,1H3,(H,16,17). The van der Waals surface area contributed by atoms with Crippen LogP contribution >= 0.6 is 0 Å². The quantitative estimate of drug-likeness (QED) is 0.712. The van der Waals surface area contributed by atoms with Gasteiger partial charge in [-0.25, -0.2) is 4.98 Å². The van der Waals surface area contributed by atoms with Gasteiger partial charge in [0, 0.05) is 19.7 Å². The predicted molar refractivity (Wildman–Crippen MR) is 71.0 cm³/mol. The van der Waals surface area contributed by atoms with Crippen molar-refractivity contribution in [2.75, 3.05) is 32.2 Å². The van der Waals surface area contributed by atoms with Gasteiger partial charge in [-0.15, -0.1) is 0 Å². The Morgan fingerprint density at radius 2 is 2.26 bits per heavy atom. The molecule has 0 aromatic carbocycles. The smallest absolute Gasteiger partial charge is 0.231 e. The van der Waals surface area contributed by atoms with Crippen LogP contribution in [0.1, 0.15) is 12.8 Å². The number of pyridine rings is 1. The Hall–Kier alpha value is -1.66. The van der Waals surface area contributed by atoms with Gasteiger partial charge in [0.05, 0.1) is 23.9 Å². The monoisotopic (exact) mass is 265 g/mol. The number of amides is 1. The number of nitrogens with two attached hydrogens (primary N) is 1. The zero-order valence-electron chi connectivity index (χ0n) is 11.0. The van der Waals surface area contributed by atoms with Gasteiger partial charge in [0.1, 0.15) is 6.61 Å². The van der Waals surface area contributed by atoms with Crippen molar-refractivity contribution in [1.82, 2.24) is 4.98 Å². The van der Waals surface area contributed by atoms with Crippen LogP contribution in [0.25, 0.3) is 0 Å². The molecule has 0 spiro atoms. The first-order chi connectivity index (χ1) is 9.20. The number of hydrogen-bond donors (Lipinski definition) is 2. The van der Waals surface area contributed by atoms with Crippen molar-refractivity contribution in [2.24, 2.45) is 11.1 Å². The normalized spacial score (nSPS) is 15.9. The largest absolute Gasteiger partial charge is 0.475 e. The van der Waals surface area contributed by atoms with E-state index in [2.05, 4.69) is 10.3 Å². The van der Waals surface area contributed by atoms with E-state index >= 15 is 0 Å². The second-order valence-corrected chi connectivity index (χ2v) is 4.66. The molecule has 104 valence electrons. The highest BCUT2D eigenvalue weighted by Gasteiger charge is 2.48. The maximum absolute atomic E-state index is 12.0. The second kappa shape index (κ2) is 5.99. The maximum Gasteiger partial charge on any atom is 0.231 e. The average Bonchev–Trinajstić information content (AvgIpc) is 3.22. The molecule has 19 heavy (non-hydrogen) atoms. The van der Waals surface area contributed by atoms with Crippen LogP contribution in [0.5, 0.6) is 5.88 Å². The van der Waals surface area contributed by atoms with E-state index in [0.717, 1.165) is 12.8 Å². The third-order valence-corrected chi connectivity index (χ3v) is 3.26. The molecule has 1 aliphatic rings. The predicted octanol–water partition coefficient (Wildman–Crippen LogP) is 0.784. The lowest BCUT2D eigenvalue weighted by Crippen LogP contribution is -2.30. The molecule has 1 aromatic heterocycles. The van der Waals surface area contributed by atoms with E-state index in [1.165, 1.54) is 0 Å². The molecule has 1 fully saturated rings. The SMILES string of the molecule is COCCOc1ccc(NC(=O)C2(CN)CC2)cn1. The van der Waals surface area contributed by atoms with Crippen molar-refractivity contribution in [3.63, 3.8) is 0 Å². The summed E-state index contributed by atoms with van der Waals surface area (Å²) in [6.07, 6.45) is 3.30. The van der Waals surface area contributed by atoms with Gasteiger partial charge in [0.25, 0.3) is 0 Å². The summed E-state index contributed by atoms with van der Waals surface area (Å²) in [5.74, 6) is 0.486. The van der Waals surface area contributed by atoms with Crippen LogP contribution < -0.4 is 15.8 Å². The molecular weight excluding hydrogens is 246 g/mol. The van der Waals surface area contributed by atoms with E-state index in [1.54, 1.807) is 25.4 Å². The fourth-order valence-electron chi connectivity index (χ4n) is 1.71. The minimum atomic E-state index is -0.354. The van der Waals surface area contributed by atoms with Crippen molar-refractivity contribution in [3.8, 4) is 5.88 Å². The zero-order valence-corrected chi connectivity index (χ0v) is 11.0. The van der Waals surface area contributed by atoms with Gasteiger partial charge in [-0.3, -0.25) is 4.79 Å². The van der Waals surface area contributed by atoms with Gasteiger partial charge in [0.15, 0.2) is 0 Å². The third kappa shape index (κ3) is 3.42. The molecule has 1 aliphatic carbocycles. The summed E-state index contributed by atoms with van der Waals surface area (Å²) in [7, 11) is 1.61. The summed E-state index contributed by atoms with van der Waals surface area (Å²) in [4.78, 5) is 16.1. The third-order valence-electron chi connectivity index (χ3n) is 3.26. The molecule has 0 saturated heterocycles. The van der Waals surface area contributed by atoms with Gasteiger partial charge in [-0.05, 0) is 18.9 Å². The number of carbonyl (C=O) groups excluding carboxylic acids is 1. The summed E-state index contributed by atoms with van der Waals surface area (Å²) >= 11 is 0. The van der Waals surface area contributed by atoms with Gasteiger partial charge in [-0.1, -0.05) is 0 Å². The van der Waals surface area contributed by atoms with Gasteiger partial charge >= 0.3 is 0 Å². The number of nitrogens with one attached hydrogen (secondary N) is 1. The Kier molecular flexibility index (Phi) is 4.34. The number of anilines is 1. The number of rotatable bonds is 7. The Morgan fingerprint density at radius 3 is 2.79 bits per heavy atom. The number of methoxy groups -OCH3 is 1. The number of ether oxygens (including phenoxy) is 2. The Balaban J connectivity index is 1.86. The van der Waals surface area contributed by atoms with Gasteiger partial charge in [-0.2, -0.15) is 0 Å². The molecule has 3 N–H and O–H groups in total. The van der Waals surface area contributed by atoms with Crippen LogP contribution in [-0.4, -0.2) is 37.8 Å². The summed E-state index contributed by atoms with van der Waals surface area (Å²) in [5.41, 5.74) is 5.91. The van der Waals surface area contributed by atoms with Gasteiger partial charge in [0.2, 0.25) is 11.8 Å². The zero-order chi connectivity index (χ0) is 13.7. The lowest BCUT2D eigenvalue weighted by atomic mass is 10.1. The highest BCUT2D eigenvalue weighted by atomic mass is 16.5. The van der Waals surface area contributed by atoms with E-state index in [0.29, 0.717) is 31.3 Å². The number of hydrogen-bond acceptors (Lipinski definition) is 5. The fraction of sp³-hybridized carbons (Fsp3) is 0.538. The molecule has 6 heteroatoms. The first kappa shape index (κ1) is 13.8. The van der Waals surface area contributed by atoms with Gasteiger partial charge < -0.3 is 20.5 Å². The molecule has 1 saturated carbocycles. The van der Waals surface area contributed by atoms with Crippen LogP contribution in [0.4, 0.5) is 5.69 Å². The summed E-state index contributed by atoms with van der Waals surface area (Å²) in [5, 5.41) is 2.83. The van der Waals surface area contributed by atoms with Crippen molar-refractivity contribution in [3.05, 3.63) is 18.3 Å². The highest BCUT2D eigenvalue weighted by Crippen LogP contribution is 2.45. The molecule has 6 nitrogen and oxygen atoms in total. The van der Waals surface area contributed by atoms with Crippen molar-refractivity contribution >= 4 is 11.6 Å². The molecule has 1 aromatic rings. The molecule has 2 rings (SSSR count). The molecule has 0 radical (unpaired) electrons. The molecule has 0 atom stereocenters. The molecule has 0 aliphatic heterocycles. The average molecular weight is 265 g/mol. The van der Waals surface area contributed by atoms with E-state index in [1.807, 2.05) is 0 Å². The summed E-state index contributed by atoms with van der Waals surface area (Å²) < 4.78 is 10.2. The van der Waals surface area contributed by atoms with Crippen LogP contribution in [0.2, 0.25) is 0 Å². The number of nitrogens with zero attached hydrogens (tertiary/aromatic N) is 1. The van der Waals surface area contributed by atoms with Crippen LogP contribution in [0.3, 0.4) is 0 Å². The Bertz CT molecular complexity index is 429. The maximum atomic E-state index is 12.0. The van der Waals surface area contributed by atoms with E-state index in [9.17, 15) is 4.79 Å². The molecular formula is C13H19N3O3. The first-order valence-electron chi connectivity index (χ1n) is 6.29. The van der Waals surface area contributed by atoms with Crippen molar-refractivity contribution in [1.29, 1.82) is 0 Å². The molecule has 0 unspecified atom stereocenters. The second-order valence-electron chi connectivity index (χ2n) is 4.66. The Morgan fingerprint density at radius 1 is 1.47 bits per heavy atom. The van der Waals surface area contributed by atoms with Crippen molar-refractivity contribution in [2.45, 2.75) is 12.8 Å². The van der Waals surface area contributed by atoms with Crippen LogP contribution in [0, 0.1) is 5.41 Å². The topological polar surface area (TPSA) is 86.5 Å². The van der Waals surface area contributed by atoms with Crippen molar-refractivity contribution < 1.29 is 14.3 Å². The van der Waals surface area contributed by atoms with Crippen LogP contribution in [0.15, 0.2) is 18.3 Å². The minimum Gasteiger partial charge on any atom is -0.475 e. The highest BCUT2D eigenvalue weighted by molar-refractivity contribution is 5.97. The molecule has 0 bridgehead atoms.